The number of rotatable bonds is 17. The first kappa shape index (κ1) is 30.4. The normalized spacial score (nSPS) is 11.2. The fourth-order valence-corrected chi connectivity index (χ4v) is 4.09. The molecule has 0 aliphatic heterocycles. The molecule has 0 aromatic heterocycles. The molecule has 0 aliphatic rings. The van der Waals surface area contributed by atoms with Gasteiger partial charge in [0.1, 0.15) is 17.2 Å². The van der Waals surface area contributed by atoms with Crippen molar-refractivity contribution in [3.63, 3.8) is 0 Å². The number of methoxy groups -OCH3 is 1. The summed E-state index contributed by atoms with van der Waals surface area (Å²) in [5.74, 6) is 1.33. The van der Waals surface area contributed by atoms with E-state index in [1.165, 1.54) is 57.1 Å². The van der Waals surface area contributed by atoms with Crippen molar-refractivity contribution < 1.29 is 23.8 Å². The van der Waals surface area contributed by atoms with E-state index in [1.807, 2.05) is 48.5 Å². The highest BCUT2D eigenvalue weighted by molar-refractivity contribution is 6.06. The molecular weight excluding hydrogens is 500 g/mol. The Hall–Kier alpha value is -4.12. The maximum absolute atomic E-state index is 12.6. The molecule has 0 N–H and O–H groups in total. The number of ketones is 1. The van der Waals surface area contributed by atoms with E-state index in [9.17, 15) is 9.59 Å². The number of unbranched alkanes of at least 4 members (excludes halogenated alkanes) is 7. The summed E-state index contributed by atoms with van der Waals surface area (Å²) >= 11 is 0. The van der Waals surface area contributed by atoms with Gasteiger partial charge in [-0.25, -0.2) is 4.79 Å². The first-order valence-electron chi connectivity index (χ1n) is 14.2. The van der Waals surface area contributed by atoms with Crippen LogP contribution in [0.3, 0.4) is 0 Å². The summed E-state index contributed by atoms with van der Waals surface area (Å²) in [6, 6.07) is 21.6. The zero-order valence-electron chi connectivity index (χ0n) is 23.6. The number of hydrogen-bond donors (Lipinski definition) is 0. The maximum Gasteiger partial charge on any atom is 0.336 e. The molecule has 0 unspecified atom stereocenters. The van der Waals surface area contributed by atoms with Gasteiger partial charge in [0.05, 0.1) is 13.7 Å². The van der Waals surface area contributed by atoms with Crippen LogP contribution in [-0.4, -0.2) is 25.5 Å². The van der Waals surface area contributed by atoms with E-state index in [0.717, 1.165) is 35.7 Å². The third-order valence-electron chi connectivity index (χ3n) is 6.46. The summed E-state index contributed by atoms with van der Waals surface area (Å²) in [6.45, 7) is 2.97. The van der Waals surface area contributed by atoms with Gasteiger partial charge in [-0.3, -0.25) is 4.79 Å². The van der Waals surface area contributed by atoms with Gasteiger partial charge in [0, 0.05) is 11.6 Å². The molecule has 3 aromatic carbocycles. The summed E-state index contributed by atoms with van der Waals surface area (Å²) in [6.07, 6.45) is 16.6. The number of benzene rings is 3. The molecule has 0 bridgehead atoms. The van der Waals surface area contributed by atoms with Gasteiger partial charge in [-0.2, -0.15) is 0 Å². The molecule has 0 aliphatic carbocycles. The van der Waals surface area contributed by atoms with E-state index in [-0.39, 0.29) is 5.78 Å². The minimum absolute atomic E-state index is 0.132. The molecule has 0 radical (unpaired) electrons. The lowest BCUT2D eigenvalue weighted by atomic mass is 10.1. The predicted octanol–water partition coefficient (Wildman–Crippen LogP) is 8.73. The first-order chi connectivity index (χ1) is 19.6. The Balaban J connectivity index is 1.38. The van der Waals surface area contributed by atoms with Gasteiger partial charge in [-0.1, -0.05) is 82.2 Å². The number of ether oxygens (including phenoxy) is 3. The van der Waals surface area contributed by atoms with Crippen LogP contribution < -0.4 is 14.2 Å². The lowest BCUT2D eigenvalue weighted by Crippen LogP contribution is -2.04. The van der Waals surface area contributed by atoms with Gasteiger partial charge in [-0.15, -0.1) is 0 Å². The van der Waals surface area contributed by atoms with Crippen molar-refractivity contribution in [1.29, 1.82) is 0 Å². The van der Waals surface area contributed by atoms with E-state index in [2.05, 4.69) is 6.92 Å². The van der Waals surface area contributed by atoms with E-state index in [0.29, 0.717) is 11.3 Å². The van der Waals surface area contributed by atoms with E-state index in [1.54, 1.807) is 43.5 Å². The van der Waals surface area contributed by atoms with Crippen LogP contribution in [0.2, 0.25) is 0 Å². The van der Waals surface area contributed by atoms with Crippen molar-refractivity contribution in [3.05, 3.63) is 102 Å². The van der Waals surface area contributed by atoms with Gasteiger partial charge >= 0.3 is 5.97 Å². The standard InChI is InChI=1S/C35H40O5/c1-3-4-5-6-7-8-9-10-27-39-32-21-13-28(14-22-32)15-25-34(36)30-17-23-33(24-18-30)40-35(37)26-16-29-11-19-31(38-2)20-12-29/h11-26H,3-10,27H2,1-2H3/b25-15+,26-16+. The summed E-state index contributed by atoms with van der Waals surface area (Å²) in [5, 5.41) is 0. The molecule has 5 nitrogen and oxygen atoms in total. The fraction of sp³-hybridized carbons (Fsp3) is 0.314. The van der Waals surface area contributed by atoms with Crippen LogP contribution in [0.5, 0.6) is 17.2 Å². The Bertz CT molecular complexity index is 1220. The fourth-order valence-electron chi connectivity index (χ4n) is 4.09. The molecule has 0 atom stereocenters. The van der Waals surface area contributed by atoms with Gasteiger partial charge in [0.2, 0.25) is 0 Å². The number of esters is 1. The second-order valence-electron chi connectivity index (χ2n) is 9.64. The third kappa shape index (κ3) is 11.3. The van der Waals surface area contributed by atoms with Gasteiger partial charge in [-0.05, 0) is 78.2 Å². The van der Waals surface area contributed by atoms with Crippen LogP contribution in [0.15, 0.2) is 84.9 Å². The molecule has 40 heavy (non-hydrogen) atoms. The SMILES string of the molecule is CCCCCCCCCCOc1ccc(/C=C/C(=O)c2ccc(OC(=O)/C=C/c3ccc(OC)cc3)cc2)cc1. The van der Waals surface area contributed by atoms with Crippen LogP contribution in [0.1, 0.15) is 79.8 Å². The summed E-state index contributed by atoms with van der Waals surface area (Å²) in [7, 11) is 1.60. The lowest BCUT2D eigenvalue weighted by molar-refractivity contribution is -0.128. The highest BCUT2D eigenvalue weighted by atomic mass is 16.5. The first-order valence-corrected chi connectivity index (χ1v) is 14.2. The Morgan fingerprint density at radius 3 is 1.75 bits per heavy atom. The van der Waals surface area contributed by atoms with Gasteiger partial charge in [0.25, 0.3) is 0 Å². The average molecular weight is 541 g/mol. The highest BCUT2D eigenvalue weighted by Crippen LogP contribution is 2.17. The third-order valence-corrected chi connectivity index (χ3v) is 6.46. The smallest absolute Gasteiger partial charge is 0.336 e. The quantitative estimate of drug-likeness (QED) is 0.0563. The number of carbonyl (C=O) groups excluding carboxylic acids is 2. The van der Waals surface area contributed by atoms with E-state index >= 15 is 0 Å². The van der Waals surface area contributed by atoms with Crippen molar-refractivity contribution in [2.75, 3.05) is 13.7 Å². The van der Waals surface area contributed by atoms with Crippen LogP contribution in [-0.2, 0) is 4.79 Å². The van der Waals surface area contributed by atoms with E-state index in [4.69, 9.17) is 14.2 Å². The number of allylic oxidation sites excluding steroid dienone is 1. The topological polar surface area (TPSA) is 61.8 Å². The van der Waals surface area contributed by atoms with Crippen LogP contribution >= 0.6 is 0 Å². The molecule has 0 amide bonds. The van der Waals surface area contributed by atoms with Crippen LogP contribution in [0.4, 0.5) is 0 Å². The second-order valence-corrected chi connectivity index (χ2v) is 9.64. The minimum Gasteiger partial charge on any atom is -0.497 e. The van der Waals surface area contributed by atoms with Crippen molar-refractivity contribution in [2.45, 2.75) is 58.3 Å². The van der Waals surface area contributed by atoms with Crippen molar-refractivity contribution in [2.24, 2.45) is 0 Å². The lowest BCUT2D eigenvalue weighted by Gasteiger charge is -2.06. The largest absolute Gasteiger partial charge is 0.497 e. The van der Waals surface area contributed by atoms with Crippen molar-refractivity contribution in [3.8, 4) is 17.2 Å². The Morgan fingerprint density at radius 2 is 1.15 bits per heavy atom. The summed E-state index contributed by atoms with van der Waals surface area (Å²) in [4.78, 5) is 24.7. The van der Waals surface area contributed by atoms with Crippen LogP contribution in [0.25, 0.3) is 12.2 Å². The molecule has 210 valence electrons. The summed E-state index contributed by atoms with van der Waals surface area (Å²) in [5.41, 5.74) is 2.28. The monoisotopic (exact) mass is 540 g/mol. The molecule has 0 heterocycles. The average Bonchev–Trinajstić information content (AvgIpc) is 2.99. The minimum atomic E-state index is -0.500. The molecule has 3 aromatic rings. The molecule has 0 saturated heterocycles. The molecular formula is C35H40O5. The van der Waals surface area contributed by atoms with Crippen LogP contribution in [0, 0.1) is 0 Å². The number of hydrogen-bond acceptors (Lipinski definition) is 5. The van der Waals surface area contributed by atoms with Gasteiger partial charge in [0.15, 0.2) is 5.78 Å². The number of carbonyl (C=O) groups is 2. The molecule has 5 heteroatoms. The van der Waals surface area contributed by atoms with E-state index < -0.39 is 5.97 Å². The van der Waals surface area contributed by atoms with Crippen molar-refractivity contribution in [1.82, 2.24) is 0 Å². The summed E-state index contributed by atoms with van der Waals surface area (Å²) < 4.78 is 16.3. The zero-order chi connectivity index (χ0) is 28.4. The molecule has 3 rings (SSSR count). The van der Waals surface area contributed by atoms with Crippen molar-refractivity contribution >= 4 is 23.9 Å². The highest BCUT2D eigenvalue weighted by Gasteiger charge is 2.05. The zero-order valence-corrected chi connectivity index (χ0v) is 23.6. The molecule has 0 fully saturated rings. The van der Waals surface area contributed by atoms with Gasteiger partial charge < -0.3 is 14.2 Å². The molecule has 0 saturated carbocycles. The Kier molecular flexibility index (Phi) is 13.3. The maximum atomic E-state index is 12.6. The Morgan fingerprint density at radius 1 is 0.625 bits per heavy atom. The predicted molar refractivity (Wildman–Crippen MR) is 162 cm³/mol. The second kappa shape index (κ2) is 17.5. The molecule has 0 spiro atoms. The Labute approximate surface area is 238 Å².